The van der Waals surface area contributed by atoms with Crippen LogP contribution in [0.4, 0.5) is 17.6 Å². The van der Waals surface area contributed by atoms with Gasteiger partial charge in [-0.1, -0.05) is 27.5 Å². The molecule has 29 heavy (non-hydrogen) atoms. The fourth-order valence-electron chi connectivity index (χ4n) is 2.49. The van der Waals surface area contributed by atoms with E-state index in [4.69, 9.17) is 16.3 Å². The molecule has 1 aliphatic heterocycles. The Hall–Kier alpha value is -2.18. The Balaban J connectivity index is 1.75. The van der Waals surface area contributed by atoms with Gasteiger partial charge in [0.2, 0.25) is 5.72 Å². The molecule has 3 rings (SSSR count). The average molecular weight is 500 g/mol. The van der Waals surface area contributed by atoms with Crippen LogP contribution in [0.1, 0.15) is 16.9 Å². The number of benzene rings is 1. The van der Waals surface area contributed by atoms with Crippen LogP contribution in [0.25, 0.3) is 0 Å². The molecule has 1 aliphatic rings. The highest BCUT2D eigenvalue weighted by Gasteiger charge is 2.53. The Bertz CT molecular complexity index is 958. The molecule has 2 aromatic rings. The maximum atomic E-state index is 13.2. The highest BCUT2D eigenvalue weighted by Crippen LogP contribution is 2.34. The Morgan fingerprint density at radius 2 is 2.07 bits per heavy atom. The van der Waals surface area contributed by atoms with Crippen LogP contribution in [0.2, 0.25) is 5.02 Å². The number of hydrogen-bond acceptors (Lipinski definition) is 5. The van der Waals surface area contributed by atoms with Crippen LogP contribution in [0.15, 0.2) is 40.0 Å². The number of ether oxygens (including phenoxy) is 1. The molecule has 156 valence electrons. The summed E-state index contributed by atoms with van der Waals surface area (Å²) in [6, 6.07) is 6.04. The number of amides is 1. The van der Waals surface area contributed by atoms with Crippen molar-refractivity contribution in [3.05, 3.63) is 45.7 Å². The van der Waals surface area contributed by atoms with Crippen molar-refractivity contribution in [3.63, 3.8) is 0 Å². The Labute approximate surface area is 174 Å². The Morgan fingerprint density at radius 1 is 1.34 bits per heavy atom. The first-order valence-electron chi connectivity index (χ1n) is 7.93. The molecule has 1 atom stereocenters. The molecule has 0 aliphatic carbocycles. The number of rotatable bonds is 6. The van der Waals surface area contributed by atoms with Crippen molar-refractivity contribution in [3.8, 4) is 5.75 Å². The van der Waals surface area contributed by atoms with E-state index in [-0.39, 0.29) is 11.7 Å². The van der Waals surface area contributed by atoms with E-state index in [1.165, 1.54) is 6.20 Å². The van der Waals surface area contributed by atoms with E-state index in [9.17, 15) is 27.5 Å². The number of aliphatic hydroxyl groups is 1. The lowest BCUT2D eigenvalue weighted by atomic mass is 10.1. The maximum Gasteiger partial charge on any atom is 0.297 e. The molecule has 0 fully saturated rings. The molecule has 1 aromatic carbocycles. The second kappa shape index (κ2) is 8.28. The van der Waals surface area contributed by atoms with Gasteiger partial charge in [-0.05, 0) is 24.3 Å². The Kier molecular flexibility index (Phi) is 6.15. The van der Waals surface area contributed by atoms with Crippen molar-refractivity contribution >= 4 is 39.1 Å². The lowest BCUT2D eigenvalue weighted by molar-refractivity contribution is -0.164. The van der Waals surface area contributed by atoms with Crippen LogP contribution in [-0.2, 0) is 6.73 Å². The van der Waals surface area contributed by atoms with Gasteiger partial charge in [0.1, 0.15) is 11.5 Å². The van der Waals surface area contributed by atoms with E-state index in [0.29, 0.717) is 10.8 Å². The third kappa shape index (κ3) is 4.38. The number of alkyl halides is 4. The van der Waals surface area contributed by atoms with Crippen LogP contribution < -0.4 is 4.74 Å². The van der Waals surface area contributed by atoms with Gasteiger partial charge in [-0.3, -0.25) is 4.79 Å². The summed E-state index contributed by atoms with van der Waals surface area (Å²) < 4.78 is 59.5. The summed E-state index contributed by atoms with van der Waals surface area (Å²) in [6.45, 7) is -0.181. The molecule has 1 amide bonds. The number of hydrazone groups is 1. The quantitative estimate of drug-likeness (QED) is 0.614. The predicted molar refractivity (Wildman–Crippen MR) is 97.2 cm³/mol. The van der Waals surface area contributed by atoms with Crippen molar-refractivity contribution in [1.82, 2.24) is 14.8 Å². The summed E-state index contributed by atoms with van der Waals surface area (Å²) >= 11 is 9.26. The lowest BCUT2D eigenvalue weighted by Gasteiger charge is -2.29. The number of carbonyl (C=O) groups is 1. The summed E-state index contributed by atoms with van der Waals surface area (Å²) in [7, 11) is 0. The summed E-state index contributed by atoms with van der Waals surface area (Å²) in [5.74, 6) is -0.931. The van der Waals surface area contributed by atoms with Gasteiger partial charge in [-0.2, -0.15) is 15.2 Å². The normalized spacial score (nSPS) is 19.2. The smallest absolute Gasteiger partial charge is 0.297 e. The topological polar surface area (TPSA) is 80.0 Å². The lowest BCUT2D eigenvalue weighted by Crippen LogP contribution is -2.51. The maximum absolute atomic E-state index is 13.2. The van der Waals surface area contributed by atoms with Crippen LogP contribution in [0, 0.1) is 0 Å². The third-order valence-electron chi connectivity index (χ3n) is 3.94. The van der Waals surface area contributed by atoms with E-state index in [0.717, 1.165) is 15.2 Å². The van der Waals surface area contributed by atoms with E-state index < -0.39 is 42.3 Å². The fourth-order valence-corrected chi connectivity index (χ4v) is 3.22. The van der Waals surface area contributed by atoms with Gasteiger partial charge in [0.05, 0.1) is 5.02 Å². The van der Waals surface area contributed by atoms with Crippen molar-refractivity contribution in [2.75, 3.05) is 0 Å². The SMILES string of the molecule is O=C(c1ccn(COc2ccc(Br)cc2Cl)n1)N1N=C(C(F)F)C[C@@]1(O)C(F)F. The second-order valence-corrected chi connectivity index (χ2v) is 7.28. The number of aromatic nitrogens is 2. The molecular weight excluding hydrogens is 488 g/mol. The Morgan fingerprint density at radius 3 is 2.69 bits per heavy atom. The van der Waals surface area contributed by atoms with Gasteiger partial charge >= 0.3 is 0 Å². The van der Waals surface area contributed by atoms with Crippen LogP contribution in [0.5, 0.6) is 5.75 Å². The summed E-state index contributed by atoms with van der Waals surface area (Å²) in [4.78, 5) is 12.5. The molecular formula is C16H12BrClF4N4O3. The minimum absolute atomic E-state index is 0.0573. The van der Waals surface area contributed by atoms with Crippen molar-refractivity contribution in [2.45, 2.75) is 31.7 Å². The molecule has 1 aromatic heterocycles. The molecule has 2 heterocycles. The monoisotopic (exact) mass is 498 g/mol. The molecule has 7 nitrogen and oxygen atoms in total. The van der Waals surface area contributed by atoms with Gasteiger partial charge in [0.25, 0.3) is 18.8 Å². The number of carbonyl (C=O) groups excluding carboxylic acids is 1. The van der Waals surface area contributed by atoms with Crippen LogP contribution in [-0.4, -0.2) is 50.1 Å². The summed E-state index contributed by atoms with van der Waals surface area (Å²) in [6.07, 6.45) is -6.58. The first-order valence-corrected chi connectivity index (χ1v) is 9.11. The molecule has 0 saturated carbocycles. The standard InChI is InChI=1S/C16H12BrClF4N4O3/c17-8-1-2-12(9(18)5-8)29-7-25-4-3-10(23-25)14(27)26-16(28,15(21)22)6-11(24-26)13(19)20/h1-5,13,15,28H,6-7H2/t16-/m1/s1. The van der Waals surface area contributed by atoms with Gasteiger partial charge in [-0.15, -0.1) is 0 Å². The molecule has 13 heteroatoms. The van der Waals surface area contributed by atoms with Crippen molar-refractivity contribution in [2.24, 2.45) is 5.10 Å². The molecule has 1 N–H and O–H groups in total. The fraction of sp³-hybridized carbons (Fsp3) is 0.312. The summed E-state index contributed by atoms with van der Waals surface area (Å²) in [5, 5.41) is 17.3. The molecule has 0 unspecified atom stereocenters. The molecule has 0 spiro atoms. The van der Waals surface area contributed by atoms with Gasteiger partial charge < -0.3 is 9.84 Å². The average Bonchev–Trinajstić information content (AvgIpc) is 3.26. The highest BCUT2D eigenvalue weighted by molar-refractivity contribution is 9.10. The molecule has 0 radical (unpaired) electrons. The van der Waals surface area contributed by atoms with Crippen molar-refractivity contribution in [1.29, 1.82) is 0 Å². The van der Waals surface area contributed by atoms with E-state index in [2.05, 4.69) is 26.1 Å². The van der Waals surface area contributed by atoms with Gasteiger partial charge in [0.15, 0.2) is 12.4 Å². The van der Waals surface area contributed by atoms with E-state index in [1.54, 1.807) is 18.2 Å². The first-order chi connectivity index (χ1) is 13.6. The zero-order valence-electron chi connectivity index (χ0n) is 14.3. The predicted octanol–water partition coefficient (Wildman–Crippen LogP) is 3.76. The first kappa shape index (κ1) is 21.5. The minimum Gasteiger partial charge on any atom is -0.470 e. The molecule has 0 saturated heterocycles. The van der Waals surface area contributed by atoms with Gasteiger partial charge in [-0.25, -0.2) is 22.2 Å². The number of halogens is 6. The van der Waals surface area contributed by atoms with Crippen LogP contribution >= 0.6 is 27.5 Å². The van der Waals surface area contributed by atoms with E-state index in [1.807, 2.05) is 0 Å². The zero-order valence-corrected chi connectivity index (χ0v) is 16.6. The second-order valence-electron chi connectivity index (χ2n) is 5.95. The molecule has 0 bridgehead atoms. The highest BCUT2D eigenvalue weighted by atomic mass is 79.9. The minimum atomic E-state index is -3.52. The number of nitrogens with zero attached hydrogens (tertiary/aromatic N) is 4. The van der Waals surface area contributed by atoms with E-state index >= 15 is 0 Å². The van der Waals surface area contributed by atoms with Crippen molar-refractivity contribution < 1.29 is 32.2 Å². The zero-order chi connectivity index (χ0) is 21.3. The number of hydrogen-bond donors (Lipinski definition) is 1. The van der Waals surface area contributed by atoms with Crippen LogP contribution in [0.3, 0.4) is 0 Å². The summed E-state index contributed by atoms with van der Waals surface area (Å²) in [5.41, 5.74) is -4.59. The largest absolute Gasteiger partial charge is 0.470 e. The van der Waals surface area contributed by atoms with Gasteiger partial charge in [0, 0.05) is 17.1 Å². The third-order valence-corrected chi connectivity index (χ3v) is 4.72.